The maximum atomic E-state index is 15.3. The van der Waals surface area contributed by atoms with Gasteiger partial charge >= 0.3 is 12.1 Å². The number of rotatable bonds is 16. The monoisotopic (exact) mass is 1690 g/mol. The van der Waals surface area contributed by atoms with Gasteiger partial charge in [-0.2, -0.15) is 28.5 Å². The van der Waals surface area contributed by atoms with Crippen molar-refractivity contribution in [1.82, 2.24) is 64.1 Å². The van der Waals surface area contributed by atoms with E-state index < -0.39 is 71.1 Å². The summed E-state index contributed by atoms with van der Waals surface area (Å²) in [6.07, 6.45) is 11.5. The van der Waals surface area contributed by atoms with Crippen LogP contribution in [-0.2, 0) is 47.8 Å². The maximum absolute atomic E-state index is 15.3. The van der Waals surface area contributed by atoms with E-state index in [1.807, 2.05) is 9.36 Å². The van der Waals surface area contributed by atoms with Crippen LogP contribution in [0.4, 0.5) is 66.5 Å². The minimum Gasteiger partial charge on any atom is -0.383 e. The SMILES string of the molecule is Cc1ccc([N+](=O)[O-])cc1S(=O)(=O)Nc1ccc(-c2nn(C3CCCC3)c3ncnc(N)c23)cc1F.Nc1ncnc2c1c(-c1ccc(NS(=O)(=O)c3ccc(I)cc3)c(F)c1)nn2C1CCCC1.Nc1ncnc2c1c(-c1ccc(NS(=O)(=O)c3ccc4c(c3)CN(C(=O)C(F)(F)F)CC4)c(F)c1)nn2C1CCCC1. The lowest BCUT2D eigenvalue weighted by molar-refractivity contribution is -0.385. The molecular formula is C72H67F6IN20O9S3. The number of fused-ring (bicyclic) bond motifs is 4. The van der Waals surface area contributed by atoms with Crippen molar-refractivity contribution >= 4 is 132 Å². The lowest BCUT2D eigenvalue weighted by Gasteiger charge is -2.29. The number of aromatic nitrogens is 12. The van der Waals surface area contributed by atoms with Gasteiger partial charge in [0.15, 0.2) is 16.9 Å². The summed E-state index contributed by atoms with van der Waals surface area (Å²) in [5.41, 5.74) is 22.6. The van der Waals surface area contributed by atoms with Crippen LogP contribution < -0.4 is 31.4 Å². The Bertz CT molecular complexity index is 6040. The fourth-order valence-electron chi connectivity index (χ4n) is 14.3. The van der Waals surface area contributed by atoms with E-state index >= 15 is 13.2 Å². The third-order valence-corrected chi connectivity index (χ3v) is 24.8. The molecular weight excluding hydrogens is 1630 g/mol. The average Bonchev–Trinajstić information content (AvgIpc) is 1.63. The van der Waals surface area contributed by atoms with Gasteiger partial charge in [0.1, 0.15) is 71.0 Å². The number of nitrogens with one attached hydrogen (secondary N) is 3. The molecule has 3 aliphatic carbocycles. The van der Waals surface area contributed by atoms with Crippen molar-refractivity contribution in [3.05, 3.63) is 182 Å². The van der Waals surface area contributed by atoms with E-state index in [4.69, 9.17) is 32.5 Å². The fraction of sp³-hybridized carbons (Fsp3) is 0.278. The van der Waals surface area contributed by atoms with Crippen molar-refractivity contribution in [3.63, 3.8) is 0 Å². The number of nitrogens with two attached hydrogens (primary N) is 3. The molecule has 39 heteroatoms. The molecule has 0 atom stereocenters. The Labute approximate surface area is 643 Å². The van der Waals surface area contributed by atoms with E-state index in [0.717, 1.165) is 98.8 Å². The van der Waals surface area contributed by atoms with Crippen molar-refractivity contribution in [2.45, 2.75) is 136 Å². The molecule has 3 fully saturated rings. The van der Waals surface area contributed by atoms with Crippen LogP contribution in [-0.4, -0.2) is 113 Å². The van der Waals surface area contributed by atoms with Gasteiger partial charge in [-0.25, -0.2) is 82.4 Å². The number of nitro groups is 1. The standard InChI is InChI=1S/C27H25F4N7O3S.C23H22FN7O4S.C22H20FIN6O2S/c28-20-12-16(23-22-24(32)33-14-34-25(22)38(35-23)18-3-1-2-4-18)6-8-21(20)36-42(40,41)19-7-5-15-9-10-37(13-17(15)11-19)26(39)27(29,30)31;1-13-6-8-16(31(32)33)11-19(13)36(34,35)29-18-9-7-14(10-17(18)24)21-20-22(25)26-12-27-23(20)30(28-21)15-4-2-3-5-15;23-17-11-13(5-10-18(17)29-33(31,32)16-8-6-14(24)7-9-16)20-19-21(25)26-12-27-22(19)30(28-20)15-3-1-2-4-15/h5-8,11-12,14,18,36H,1-4,9-10,13H2,(H2,32,33,34);6-12,15,29H,2-5H2,1H3,(H2,25,26,27);5-12,15,29H,1-4H2,(H2,25,26,27). The molecule has 12 aromatic rings. The van der Waals surface area contributed by atoms with Gasteiger partial charge < -0.3 is 22.1 Å². The molecule has 0 bridgehead atoms. The van der Waals surface area contributed by atoms with Crippen LogP contribution in [0.3, 0.4) is 0 Å². The molecule has 6 aromatic heterocycles. The molecule has 7 heterocycles. The molecule has 4 aliphatic rings. The zero-order chi connectivity index (χ0) is 78.6. The van der Waals surface area contributed by atoms with Crippen molar-refractivity contribution in [3.8, 4) is 33.8 Å². The second-order valence-electron chi connectivity index (χ2n) is 27.0. The van der Waals surface area contributed by atoms with Crippen LogP contribution in [0, 0.1) is 38.1 Å². The minimum absolute atomic E-state index is 0.0533. The molecule has 1 aliphatic heterocycles. The number of alkyl halides is 3. The van der Waals surface area contributed by atoms with Gasteiger partial charge in [-0.1, -0.05) is 68.9 Å². The van der Waals surface area contributed by atoms with Crippen LogP contribution in [0.5, 0.6) is 0 Å². The largest absolute Gasteiger partial charge is 0.471 e. The number of nitrogens with zero attached hydrogens (tertiary/aromatic N) is 14. The highest BCUT2D eigenvalue weighted by Crippen LogP contribution is 2.42. The Morgan fingerprint density at radius 3 is 1.29 bits per heavy atom. The summed E-state index contributed by atoms with van der Waals surface area (Å²) < 4.78 is 175. The first-order valence-corrected chi connectivity index (χ1v) is 40.4. The number of amides is 1. The molecule has 111 heavy (non-hydrogen) atoms. The molecule has 0 saturated heterocycles. The number of benzene rings is 6. The summed E-state index contributed by atoms with van der Waals surface area (Å²) >= 11 is 2.08. The normalized spacial score (nSPS) is 15.2. The van der Waals surface area contributed by atoms with Crippen LogP contribution in [0.2, 0.25) is 0 Å². The number of sulfonamides is 3. The van der Waals surface area contributed by atoms with Gasteiger partial charge in [0.05, 0.1) is 71.0 Å². The molecule has 1 amide bonds. The third kappa shape index (κ3) is 15.7. The number of nitrogen functional groups attached to an aromatic ring is 3. The van der Waals surface area contributed by atoms with Crippen LogP contribution in [0.15, 0.2) is 149 Å². The lowest BCUT2D eigenvalue weighted by atomic mass is 10.00. The summed E-state index contributed by atoms with van der Waals surface area (Å²) in [4.78, 5) is 47.5. The van der Waals surface area contributed by atoms with Crippen LogP contribution in [0.1, 0.15) is 112 Å². The molecule has 16 rings (SSSR count). The molecule has 29 nitrogen and oxygen atoms in total. The quantitative estimate of drug-likeness (QED) is 0.0226. The molecule has 0 spiro atoms. The van der Waals surface area contributed by atoms with Crippen LogP contribution >= 0.6 is 22.6 Å². The zero-order valence-corrected chi connectivity index (χ0v) is 63.2. The van der Waals surface area contributed by atoms with E-state index in [9.17, 15) is 53.3 Å². The van der Waals surface area contributed by atoms with E-state index in [2.05, 4.69) is 66.7 Å². The number of carbonyl (C=O) groups is 1. The number of hydrogen-bond acceptors (Lipinski definition) is 21. The second-order valence-corrected chi connectivity index (χ2v) is 33.3. The topological polar surface area (TPSA) is 411 Å². The number of anilines is 6. The highest BCUT2D eigenvalue weighted by atomic mass is 127. The first kappa shape index (κ1) is 76.6. The van der Waals surface area contributed by atoms with Crippen molar-refractivity contribution in [2.24, 2.45) is 0 Å². The molecule has 0 unspecified atom stereocenters. The van der Waals surface area contributed by atoms with Crippen LogP contribution in [0.25, 0.3) is 66.9 Å². The van der Waals surface area contributed by atoms with Crippen molar-refractivity contribution in [1.29, 1.82) is 0 Å². The molecule has 0 radical (unpaired) electrons. The van der Waals surface area contributed by atoms with Gasteiger partial charge in [0, 0.05) is 45.5 Å². The highest BCUT2D eigenvalue weighted by Gasteiger charge is 2.43. The lowest BCUT2D eigenvalue weighted by Crippen LogP contribution is -2.43. The van der Waals surface area contributed by atoms with Gasteiger partial charge in [-0.05, 0) is 164 Å². The predicted molar refractivity (Wildman–Crippen MR) is 409 cm³/mol. The summed E-state index contributed by atoms with van der Waals surface area (Å²) in [7, 11) is -12.6. The number of non-ortho nitro benzene ring substituents is 1. The summed E-state index contributed by atoms with van der Waals surface area (Å²) in [5, 5.41) is 26.8. The Hall–Kier alpha value is -11.2. The Morgan fingerprint density at radius 1 is 0.514 bits per heavy atom. The molecule has 9 N–H and O–H groups in total. The van der Waals surface area contributed by atoms with Crippen molar-refractivity contribution < 1.29 is 61.3 Å². The number of carbonyl (C=O) groups excluding carboxylic acids is 1. The number of aryl methyl sites for hydroxylation is 1. The van der Waals surface area contributed by atoms with Gasteiger partial charge in [-0.3, -0.25) is 29.1 Å². The maximum Gasteiger partial charge on any atom is 0.471 e. The van der Waals surface area contributed by atoms with E-state index in [1.165, 1.54) is 105 Å². The highest BCUT2D eigenvalue weighted by molar-refractivity contribution is 14.1. The van der Waals surface area contributed by atoms with Crippen molar-refractivity contribution in [2.75, 3.05) is 37.9 Å². The Balaban J connectivity index is 0.000000140. The van der Waals surface area contributed by atoms with Gasteiger partial charge in [0.2, 0.25) is 0 Å². The molecule has 3 saturated carbocycles. The van der Waals surface area contributed by atoms with E-state index in [1.54, 1.807) is 22.9 Å². The number of nitro benzene ring substituents is 1. The summed E-state index contributed by atoms with van der Waals surface area (Å²) in [5.74, 6) is -3.77. The average molecular weight is 1690 g/mol. The minimum atomic E-state index is -5.04. The molecule has 576 valence electrons. The summed E-state index contributed by atoms with van der Waals surface area (Å²) in [6, 6.07) is 26.3. The number of hydrogen-bond donors (Lipinski definition) is 6. The third-order valence-electron chi connectivity index (χ3n) is 19.9. The van der Waals surface area contributed by atoms with E-state index in [0.29, 0.717) is 77.3 Å². The van der Waals surface area contributed by atoms with Gasteiger partial charge in [-0.15, -0.1) is 0 Å². The smallest absolute Gasteiger partial charge is 0.383 e. The summed E-state index contributed by atoms with van der Waals surface area (Å²) in [6.45, 7) is 0.962. The van der Waals surface area contributed by atoms with E-state index in [-0.39, 0.29) is 97.1 Å². The fourth-order valence-corrected chi connectivity index (χ4v) is 18.2. The Kier molecular flexibility index (Phi) is 21.1. The molecule has 6 aromatic carbocycles. The Morgan fingerprint density at radius 2 is 0.901 bits per heavy atom. The first-order valence-electron chi connectivity index (χ1n) is 34.8. The second kappa shape index (κ2) is 30.6. The number of halogens is 7. The predicted octanol–water partition coefficient (Wildman–Crippen LogP) is 13.7. The zero-order valence-electron chi connectivity index (χ0n) is 58.6. The first-order chi connectivity index (χ1) is 52.9. The van der Waals surface area contributed by atoms with Gasteiger partial charge in [0.25, 0.3) is 35.8 Å².